The molecule has 0 unspecified atom stereocenters. The average Bonchev–Trinajstić information content (AvgIpc) is 2.55. The van der Waals surface area contributed by atoms with Gasteiger partial charge in [-0.25, -0.2) is 0 Å². The van der Waals surface area contributed by atoms with Gasteiger partial charge in [-0.05, 0) is 47.4 Å². The van der Waals surface area contributed by atoms with Gasteiger partial charge in [-0.2, -0.15) is 0 Å². The van der Waals surface area contributed by atoms with Crippen LogP contribution in [0, 0.1) is 0 Å². The number of carbonyl (C=O) groups excluding carboxylic acids is 2. The number of anilines is 1. The minimum absolute atomic E-state index is 0.0997. The Morgan fingerprint density at radius 1 is 1.00 bits per heavy atom. The van der Waals surface area contributed by atoms with E-state index in [1.165, 1.54) is 5.56 Å². The van der Waals surface area contributed by atoms with Crippen LogP contribution < -0.4 is 15.8 Å². The third-order valence-corrected chi connectivity index (χ3v) is 3.77. The monoisotopic (exact) mass is 340 g/mol. The van der Waals surface area contributed by atoms with Crippen LogP contribution in [0.15, 0.2) is 48.5 Å². The molecule has 3 N–H and O–H groups in total. The number of primary amides is 1. The van der Waals surface area contributed by atoms with E-state index in [1.54, 1.807) is 24.3 Å². The number of benzene rings is 2. The SMILES string of the molecule is CC(C)(C)c1ccc(OCCC(=O)Nc2ccc(C(N)=O)cc2)cc1. The van der Waals surface area contributed by atoms with E-state index in [-0.39, 0.29) is 17.7 Å². The molecule has 2 amide bonds. The van der Waals surface area contributed by atoms with Gasteiger partial charge in [-0.15, -0.1) is 0 Å². The molecular formula is C20H24N2O3. The molecule has 0 aromatic heterocycles. The summed E-state index contributed by atoms with van der Waals surface area (Å²) in [6, 6.07) is 14.3. The van der Waals surface area contributed by atoms with Crippen molar-refractivity contribution in [3.8, 4) is 5.75 Å². The van der Waals surface area contributed by atoms with Gasteiger partial charge in [-0.1, -0.05) is 32.9 Å². The lowest BCUT2D eigenvalue weighted by Gasteiger charge is -2.19. The Kier molecular flexibility index (Phi) is 5.80. The van der Waals surface area contributed by atoms with E-state index in [2.05, 4.69) is 26.1 Å². The average molecular weight is 340 g/mol. The van der Waals surface area contributed by atoms with Gasteiger partial charge >= 0.3 is 0 Å². The number of amides is 2. The second-order valence-electron chi connectivity index (χ2n) is 6.86. The summed E-state index contributed by atoms with van der Waals surface area (Å²) < 4.78 is 5.61. The van der Waals surface area contributed by atoms with Crippen molar-refractivity contribution in [1.82, 2.24) is 0 Å². The highest BCUT2D eigenvalue weighted by Crippen LogP contribution is 2.24. The summed E-state index contributed by atoms with van der Waals surface area (Å²) in [5, 5.41) is 2.75. The number of ether oxygens (including phenoxy) is 1. The summed E-state index contributed by atoms with van der Waals surface area (Å²) in [6.45, 7) is 6.76. The van der Waals surface area contributed by atoms with Crippen LogP contribution in [0.1, 0.15) is 43.1 Å². The Bertz CT molecular complexity index is 729. The number of hydrogen-bond donors (Lipinski definition) is 2. The van der Waals surface area contributed by atoms with E-state index in [4.69, 9.17) is 10.5 Å². The van der Waals surface area contributed by atoms with Gasteiger partial charge in [0.15, 0.2) is 0 Å². The Hall–Kier alpha value is -2.82. The Morgan fingerprint density at radius 3 is 2.12 bits per heavy atom. The van der Waals surface area contributed by atoms with Crippen molar-refractivity contribution in [2.45, 2.75) is 32.6 Å². The molecule has 2 aromatic carbocycles. The number of hydrogen-bond acceptors (Lipinski definition) is 3. The first kappa shape index (κ1) is 18.5. The molecule has 132 valence electrons. The second kappa shape index (κ2) is 7.83. The van der Waals surface area contributed by atoms with Gasteiger partial charge < -0.3 is 15.8 Å². The molecule has 0 atom stereocenters. The first-order valence-corrected chi connectivity index (χ1v) is 8.19. The van der Waals surface area contributed by atoms with E-state index in [0.717, 1.165) is 5.75 Å². The van der Waals surface area contributed by atoms with Crippen molar-refractivity contribution in [2.75, 3.05) is 11.9 Å². The molecule has 0 saturated carbocycles. The second-order valence-corrected chi connectivity index (χ2v) is 6.86. The summed E-state index contributed by atoms with van der Waals surface area (Å²) in [7, 11) is 0. The Balaban J connectivity index is 1.79. The molecule has 5 nitrogen and oxygen atoms in total. The third-order valence-electron chi connectivity index (χ3n) is 3.77. The highest BCUT2D eigenvalue weighted by molar-refractivity contribution is 5.94. The summed E-state index contributed by atoms with van der Waals surface area (Å²) >= 11 is 0. The van der Waals surface area contributed by atoms with Crippen LogP contribution in [-0.4, -0.2) is 18.4 Å². The molecule has 25 heavy (non-hydrogen) atoms. The molecule has 0 aliphatic heterocycles. The fraction of sp³-hybridized carbons (Fsp3) is 0.300. The summed E-state index contributed by atoms with van der Waals surface area (Å²) in [6.07, 6.45) is 0.235. The molecule has 2 rings (SSSR count). The number of nitrogens with one attached hydrogen (secondary N) is 1. The molecule has 5 heteroatoms. The van der Waals surface area contributed by atoms with E-state index < -0.39 is 5.91 Å². The quantitative estimate of drug-likeness (QED) is 0.844. The van der Waals surface area contributed by atoms with Crippen molar-refractivity contribution in [2.24, 2.45) is 5.73 Å². The van der Waals surface area contributed by atoms with Gasteiger partial charge in [0.05, 0.1) is 13.0 Å². The molecular weight excluding hydrogens is 316 g/mol. The molecule has 0 spiro atoms. The molecule has 0 radical (unpaired) electrons. The van der Waals surface area contributed by atoms with Crippen molar-refractivity contribution < 1.29 is 14.3 Å². The maximum absolute atomic E-state index is 11.9. The lowest BCUT2D eigenvalue weighted by atomic mass is 9.87. The molecule has 0 aliphatic carbocycles. The highest BCUT2D eigenvalue weighted by atomic mass is 16.5. The van der Waals surface area contributed by atoms with Crippen molar-refractivity contribution >= 4 is 17.5 Å². The van der Waals surface area contributed by atoms with Gasteiger partial charge in [0, 0.05) is 11.3 Å². The topological polar surface area (TPSA) is 81.4 Å². The number of carbonyl (C=O) groups is 2. The maximum atomic E-state index is 11.9. The minimum Gasteiger partial charge on any atom is -0.493 e. The summed E-state index contributed by atoms with van der Waals surface area (Å²) in [5.74, 6) is 0.0912. The van der Waals surface area contributed by atoms with Gasteiger partial charge in [0.2, 0.25) is 11.8 Å². The lowest BCUT2D eigenvalue weighted by molar-refractivity contribution is -0.116. The molecule has 2 aromatic rings. The van der Waals surface area contributed by atoms with E-state index >= 15 is 0 Å². The van der Waals surface area contributed by atoms with Crippen LogP contribution in [0.4, 0.5) is 5.69 Å². The van der Waals surface area contributed by atoms with E-state index in [9.17, 15) is 9.59 Å². The van der Waals surface area contributed by atoms with E-state index in [0.29, 0.717) is 17.9 Å². The van der Waals surface area contributed by atoms with Gasteiger partial charge in [0.25, 0.3) is 0 Å². The fourth-order valence-electron chi connectivity index (χ4n) is 2.25. The lowest BCUT2D eigenvalue weighted by Crippen LogP contribution is -2.16. The summed E-state index contributed by atoms with van der Waals surface area (Å²) in [5.41, 5.74) is 7.53. The molecule has 0 bridgehead atoms. The highest BCUT2D eigenvalue weighted by Gasteiger charge is 2.13. The molecule has 0 heterocycles. The normalized spacial score (nSPS) is 11.0. The predicted octanol–water partition coefficient (Wildman–Crippen LogP) is 3.49. The zero-order valence-electron chi connectivity index (χ0n) is 14.8. The van der Waals surface area contributed by atoms with Gasteiger partial charge in [-0.3, -0.25) is 9.59 Å². The van der Waals surface area contributed by atoms with Crippen molar-refractivity contribution in [3.63, 3.8) is 0 Å². The Labute approximate surface area is 148 Å². The van der Waals surface area contributed by atoms with E-state index in [1.807, 2.05) is 24.3 Å². The largest absolute Gasteiger partial charge is 0.493 e. The predicted molar refractivity (Wildman–Crippen MR) is 98.8 cm³/mol. The number of nitrogens with two attached hydrogens (primary N) is 1. The first-order chi connectivity index (χ1) is 11.8. The zero-order valence-corrected chi connectivity index (χ0v) is 14.8. The van der Waals surface area contributed by atoms with Crippen molar-refractivity contribution in [3.05, 3.63) is 59.7 Å². The van der Waals surface area contributed by atoms with Crippen LogP contribution in [0.25, 0.3) is 0 Å². The van der Waals surface area contributed by atoms with Gasteiger partial charge in [0.1, 0.15) is 5.75 Å². The molecule has 0 saturated heterocycles. The first-order valence-electron chi connectivity index (χ1n) is 8.19. The van der Waals surface area contributed by atoms with Crippen LogP contribution >= 0.6 is 0 Å². The molecule has 0 fully saturated rings. The fourth-order valence-corrected chi connectivity index (χ4v) is 2.25. The maximum Gasteiger partial charge on any atom is 0.248 e. The minimum atomic E-state index is -0.497. The third kappa shape index (κ3) is 5.64. The summed E-state index contributed by atoms with van der Waals surface area (Å²) in [4.78, 5) is 22.9. The molecule has 0 aliphatic rings. The van der Waals surface area contributed by atoms with Crippen LogP contribution in [-0.2, 0) is 10.2 Å². The number of rotatable bonds is 6. The zero-order chi connectivity index (χ0) is 18.4. The van der Waals surface area contributed by atoms with Crippen LogP contribution in [0.2, 0.25) is 0 Å². The van der Waals surface area contributed by atoms with Crippen molar-refractivity contribution in [1.29, 1.82) is 0 Å². The van der Waals surface area contributed by atoms with Crippen LogP contribution in [0.3, 0.4) is 0 Å². The standard InChI is InChI=1S/C20H24N2O3/c1-20(2,3)15-6-10-17(11-7-15)25-13-12-18(23)22-16-8-4-14(5-9-16)19(21)24/h4-11H,12-13H2,1-3H3,(H2,21,24)(H,22,23). The Morgan fingerprint density at radius 2 is 1.60 bits per heavy atom. The van der Waals surface area contributed by atoms with Crippen LogP contribution in [0.5, 0.6) is 5.75 Å². The smallest absolute Gasteiger partial charge is 0.248 e.